The summed E-state index contributed by atoms with van der Waals surface area (Å²) in [7, 11) is -15.8. The molecule has 0 radical (unpaired) electrons. The summed E-state index contributed by atoms with van der Waals surface area (Å²) in [6, 6.07) is 110. The number of sulfonamides is 4. The van der Waals surface area contributed by atoms with E-state index >= 15 is 0 Å². The van der Waals surface area contributed by atoms with Crippen molar-refractivity contribution in [2.75, 3.05) is 64.0 Å². The zero-order valence-electron chi connectivity index (χ0n) is 80.4. The van der Waals surface area contributed by atoms with Crippen molar-refractivity contribution < 1.29 is 72.2 Å². The number of fused-ring (bicyclic) bond motifs is 1. The van der Waals surface area contributed by atoms with Crippen LogP contribution in [0.4, 0.5) is 51.4 Å². The van der Waals surface area contributed by atoms with E-state index in [9.17, 15) is 58.0 Å². The fraction of sp³-hybridized carbons (Fsp3) is 0.126. The minimum Gasteiger partial charge on any atom is -0.481 e. The quantitative estimate of drug-likeness (QED) is 0.00433. The molecule has 16 aromatic rings. The summed E-state index contributed by atoms with van der Waals surface area (Å²) < 4.78 is 132. The number of nitrogens with two attached hydrogens (primary N) is 4. The number of ether oxygens (including phenoxy) is 3. The lowest BCUT2D eigenvalue weighted by molar-refractivity contribution is -0.144. The second-order valence-electron chi connectivity index (χ2n) is 32.9. The second-order valence-corrected chi connectivity index (χ2v) is 41.1. The molecule has 18 N–H and O–H groups in total. The summed E-state index contributed by atoms with van der Waals surface area (Å²) in [5, 5.41) is 22.0. The third-order valence-corrected chi connectivity index (χ3v) is 28.4. The van der Waals surface area contributed by atoms with Gasteiger partial charge in [0.1, 0.15) is 0 Å². The first-order chi connectivity index (χ1) is 71.1. The molecule has 0 bridgehead atoms. The Morgan fingerprint density at radius 3 is 0.973 bits per heavy atom. The number of H-pyrrole nitrogens is 1. The molecule has 16 rings (SSSR count). The highest BCUT2D eigenvalue weighted by molar-refractivity contribution is 7.90. The molecule has 0 saturated carbocycles. The molecule has 1 heterocycles. The Morgan fingerprint density at radius 2 is 0.635 bits per heavy atom. The average Bonchev–Trinajstić information content (AvgIpc) is 1.10. The largest absolute Gasteiger partial charge is 0.481 e. The number of nitrogens with one attached hydrogen (secondary N) is 9. The van der Waals surface area contributed by atoms with Gasteiger partial charge in [0.25, 0.3) is 0 Å². The lowest BCUT2D eigenvalue weighted by atomic mass is 10.1. The van der Waals surface area contributed by atoms with Gasteiger partial charge in [-0.15, -0.1) is 0 Å². The third kappa shape index (κ3) is 33.6. The van der Waals surface area contributed by atoms with Crippen LogP contribution in [0.2, 0.25) is 0 Å². The zero-order chi connectivity index (χ0) is 106. The molecule has 0 fully saturated rings. The van der Waals surface area contributed by atoms with E-state index in [0.717, 1.165) is 50.2 Å². The Kier molecular flexibility index (Phi) is 40.4. The predicted octanol–water partition coefficient (Wildman–Crippen LogP) is 21.2. The normalized spacial score (nSPS) is 11.9. The number of halogens is 1. The van der Waals surface area contributed by atoms with E-state index in [2.05, 4.69) is 50.1 Å². The SMILES string of the molecule is CCOC(=O)CC(NS(=O)(=O)c1cccc(-c2cccc(N)c2)c1)c1ccccc1.CCOC(=O)CC(NS(=O)(=O)c1cccc(-c2cccc(NC(=S)Cl)c2)c1)c1ccccc1.CCOC(=O)CC(NS(=O)(=O)c1cccc(-c2cccc(NC(=S)Nc3ccccc3N)c2)c1)c1ccccc1.Nc1ccccc1N.O=C(O)CC(NS(=O)(=O)c1cccc(-c2cccc(Nc3nc4ccccc4[nH]3)c2)c1)c1ccccc1. The Bertz CT molecular complexity index is 7720. The second kappa shape index (κ2) is 53.8. The molecule has 0 aliphatic heterocycles. The molecular formula is C111H109ClN14O16S6. The van der Waals surface area contributed by atoms with Crippen molar-refractivity contribution in [3.05, 3.63) is 411 Å². The number of carbonyl (C=O) groups excluding carboxylic acids is 3. The van der Waals surface area contributed by atoms with Gasteiger partial charge in [-0.2, -0.15) is 0 Å². The zero-order valence-corrected chi connectivity index (χ0v) is 86.0. The van der Waals surface area contributed by atoms with E-state index < -0.39 is 88.1 Å². The van der Waals surface area contributed by atoms with Crippen LogP contribution in [0, 0.1) is 0 Å². The van der Waals surface area contributed by atoms with Crippen molar-refractivity contribution in [2.45, 2.75) is 90.2 Å². The highest BCUT2D eigenvalue weighted by atomic mass is 35.5. The van der Waals surface area contributed by atoms with E-state index in [1.165, 1.54) is 24.3 Å². The molecule has 1 aromatic heterocycles. The number of esters is 3. The van der Waals surface area contributed by atoms with Gasteiger partial charge in [0.15, 0.2) is 9.56 Å². The molecule has 37 heteroatoms. The molecule has 0 aliphatic rings. The molecule has 4 unspecified atom stereocenters. The van der Waals surface area contributed by atoms with Crippen molar-refractivity contribution in [3.63, 3.8) is 0 Å². The maximum Gasteiger partial charge on any atom is 0.307 e. The fourth-order valence-corrected chi connectivity index (χ4v) is 20.6. The molecule has 30 nitrogen and oxygen atoms in total. The number of aromatic amines is 1. The van der Waals surface area contributed by atoms with Crippen LogP contribution in [0.3, 0.4) is 0 Å². The van der Waals surface area contributed by atoms with Gasteiger partial charge in [0.05, 0.1) is 123 Å². The van der Waals surface area contributed by atoms with Crippen molar-refractivity contribution >= 4 is 172 Å². The number of carbonyl (C=O) groups is 4. The number of hydrogen-bond acceptors (Lipinski definition) is 23. The molecule has 4 atom stereocenters. The van der Waals surface area contributed by atoms with Crippen molar-refractivity contribution in [1.29, 1.82) is 0 Å². The van der Waals surface area contributed by atoms with Crippen LogP contribution in [-0.2, 0) is 73.5 Å². The summed E-state index contributed by atoms with van der Waals surface area (Å²) in [5.74, 6) is -1.94. The summed E-state index contributed by atoms with van der Waals surface area (Å²) >= 11 is 16.1. The van der Waals surface area contributed by atoms with E-state index in [4.69, 9.17) is 73.2 Å². The maximum atomic E-state index is 13.4. The number of nitrogen functional groups attached to an aromatic ring is 4. The topological polar surface area (TPSA) is 482 Å². The number of benzene rings is 15. The number of aromatic nitrogens is 2. The predicted molar refractivity (Wildman–Crippen MR) is 593 cm³/mol. The maximum absolute atomic E-state index is 13.4. The Morgan fingerprint density at radius 1 is 0.338 bits per heavy atom. The molecule has 15 aromatic carbocycles. The van der Waals surface area contributed by atoms with Gasteiger partial charge < -0.3 is 68.5 Å². The van der Waals surface area contributed by atoms with E-state index in [-0.39, 0.29) is 69.5 Å². The first kappa shape index (κ1) is 111. The van der Waals surface area contributed by atoms with Crippen molar-refractivity contribution in [1.82, 2.24) is 28.9 Å². The number of nitrogens with zero attached hydrogens (tertiary/aromatic N) is 1. The van der Waals surface area contributed by atoms with E-state index in [1.54, 1.807) is 209 Å². The van der Waals surface area contributed by atoms with Gasteiger partial charge in [-0.1, -0.05) is 266 Å². The molecule has 0 spiro atoms. The fourth-order valence-electron chi connectivity index (χ4n) is 15.1. The number of carboxylic acid groups (broad SMARTS) is 1. The number of carboxylic acids is 1. The molecular weight excluding hydrogens is 2010 g/mol. The van der Waals surface area contributed by atoms with Crippen LogP contribution in [0.5, 0.6) is 0 Å². The van der Waals surface area contributed by atoms with Gasteiger partial charge in [0.2, 0.25) is 46.0 Å². The van der Waals surface area contributed by atoms with Crippen LogP contribution in [0.15, 0.2) is 408 Å². The highest BCUT2D eigenvalue weighted by Gasteiger charge is 2.30. The van der Waals surface area contributed by atoms with Crippen molar-refractivity contribution in [3.8, 4) is 44.5 Å². The third-order valence-electron chi connectivity index (χ3n) is 22.1. The number of hydrogen-bond donors (Lipinski definition) is 14. The number of rotatable bonds is 36. The van der Waals surface area contributed by atoms with Crippen molar-refractivity contribution in [2.24, 2.45) is 0 Å². The number of para-hydroxylation sites is 6. The smallest absolute Gasteiger partial charge is 0.307 e. The summed E-state index contributed by atoms with van der Waals surface area (Å²) in [5.41, 5.74) is 38.3. The minimum absolute atomic E-state index is 0.0481. The standard InChI is InChI=1S/C30H30N4O4S2.C28H24N4O4S.C24H23ClN2O4S2.C23H24N2O4S.C6H8N2/c1-2-38-29(35)20-28(21-10-4-3-5-11-21)34-40(36,37)25-15-9-13-23(19-25)22-12-8-14-24(18-22)32-30(39)33-27-17-7-6-16-26(27)31;33-27(34)18-26(19-8-2-1-3-9-19)32-37(35,36)23-13-7-11-21(17-23)20-10-6-12-22(16-20)29-28-30-24-14-4-5-15-25(24)31-28;1-2-31-23(28)16-22(17-8-4-3-5-9-17)27-33(29,30)21-13-7-11-19(15-21)18-10-6-12-20(14-18)26-24(25)32;1-2-29-23(26)16-22(17-8-4-3-5-9-17)25-30(27,28)21-13-7-11-19(15-21)18-10-6-12-20(24)14-18;7-5-3-1-2-4-6(5)8/h3-19,28,34H,2,20,31H2,1H3,(H2,32,33,39);1-17,26,32H,18H2,(H,33,34)(H2,29,30,31);3-15,22,27H,2,16H2,1H3,(H,26,32);3-15,22,25H,2,16,24H2,1H3;1-4H,7-8H2. The lowest BCUT2D eigenvalue weighted by Gasteiger charge is -2.19. The molecule has 762 valence electrons. The minimum atomic E-state index is -4.00. The van der Waals surface area contributed by atoms with Crippen LogP contribution >= 0.6 is 36.0 Å². The van der Waals surface area contributed by atoms with Gasteiger partial charge >= 0.3 is 23.9 Å². The van der Waals surface area contributed by atoms with Gasteiger partial charge in [0, 0.05) is 22.7 Å². The first-order valence-corrected chi connectivity index (χ1v) is 53.5. The van der Waals surface area contributed by atoms with E-state index in [0.29, 0.717) is 84.1 Å². The lowest BCUT2D eigenvalue weighted by Crippen LogP contribution is -2.30. The van der Waals surface area contributed by atoms with Crippen LogP contribution < -0.4 is 63.1 Å². The summed E-state index contributed by atoms with van der Waals surface area (Å²) in [6.45, 7) is 5.79. The van der Waals surface area contributed by atoms with Gasteiger partial charge in [-0.05, 0) is 245 Å². The monoisotopic (exact) mass is 2120 g/mol. The summed E-state index contributed by atoms with van der Waals surface area (Å²) in [4.78, 5) is 55.9. The van der Waals surface area contributed by atoms with Crippen LogP contribution in [0.25, 0.3) is 55.5 Å². The van der Waals surface area contributed by atoms with Gasteiger partial charge in [-0.25, -0.2) is 57.5 Å². The molecule has 148 heavy (non-hydrogen) atoms. The average molecular weight is 2120 g/mol. The number of anilines is 9. The Balaban J connectivity index is 0.000000171. The van der Waals surface area contributed by atoms with E-state index in [1.807, 2.05) is 176 Å². The van der Waals surface area contributed by atoms with Crippen LogP contribution in [0.1, 0.15) is 92.9 Å². The molecule has 0 amide bonds. The summed E-state index contributed by atoms with van der Waals surface area (Å²) in [6.07, 6.45) is -0.736. The number of thiocarbonyl (C=S) groups is 2. The Labute approximate surface area is 875 Å². The molecule has 0 aliphatic carbocycles. The first-order valence-electron chi connectivity index (χ1n) is 46.4. The van der Waals surface area contributed by atoms with Gasteiger partial charge in [-0.3, -0.25) is 19.2 Å². The Hall–Kier alpha value is -15.8. The highest BCUT2D eigenvalue weighted by Crippen LogP contribution is 2.35. The number of aliphatic carboxylic acids is 1. The molecule has 0 saturated heterocycles. The number of imidazole rings is 1. The van der Waals surface area contributed by atoms with Crippen LogP contribution in [-0.4, -0.2) is 102 Å².